The first kappa shape index (κ1) is 12.5. The van der Waals surface area contributed by atoms with Gasteiger partial charge < -0.3 is 4.74 Å². The van der Waals surface area contributed by atoms with E-state index in [1.54, 1.807) is 24.3 Å². The lowest BCUT2D eigenvalue weighted by molar-refractivity contribution is -0.274. The van der Waals surface area contributed by atoms with Gasteiger partial charge in [0.15, 0.2) is 0 Å². The van der Waals surface area contributed by atoms with Crippen molar-refractivity contribution in [3.63, 3.8) is 0 Å². The molecule has 0 spiro atoms. The van der Waals surface area contributed by atoms with Crippen LogP contribution in [0, 0.1) is 6.92 Å². The summed E-state index contributed by atoms with van der Waals surface area (Å²) < 4.78 is 40.9. The molecule has 0 saturated carbocycles. The van der Waals surface area contributed by atoms with Crippen LogP contribution in [0.3, 0.4) is 0 Å². The van der Waals surface area contributed by atoms with E-state index in [0.29, 0.717) is 11.1 Å². The van der Waals surface area contributed by atoms with Gasteiger partial charge in [-0.2, -0.15) is 0 Å². The summed E-state index contributed by atoms with van der Waals surface area (Å²) in [7, 11) is 0. The van der Waals surface area contributed by atoms with Gasteiger partial charge >= 0.3 is 6.36 Å². The summed E-state index contributed by atoms with van der Waals surface area (Å²) in [6, 6.07) is 13.4. The Morgan fingerprint density at radius 3 is 2.33 bits per heavy atom. The fourth-order valence-corrected chi connectivity index (χ4v) is 1.73. The monoisotopic (exact) mass is 252 g/mol. The van der Waals surface area contributed by atoms with Gasteiger partial charge in [0, 0.05) is 5.56 Å². The van der Waals surface area contributed by atoms with Crippen LogP contribution < -0.4 is 4.74 Å². The van der Waals surface area contributed by atoms with Crippen LogP contribution in [0.5, 0.6) is 5.75 Å². The molecule has 2 rings (SSSR count). The van der Waals surface area contributed by atoms with Gasteiger partial charge in [0.1, 0.15) is 5.75 Å². The van der Waals surface area contributed by atoms with Crippen LogP contribution in [0.25, 0.3) is 11.1 Å². The van der Waals surface area contributed by atoms with Crippen LogP contribution in [-0.2, 0) is 0 Å². The Kier molecular flexibility index (Phi) is 3.28. The SMILES string of the molecule is Cc1cccc(-c2ccccc2OC(F)(F)F)c1. The zero-order chi connectivity index (χ0) is 13.2. The second-order valence-corrected chi connectivity index (χ2v) is 3.91. The molecule has 0 radical (unpaired) electrons. The maximum absolute atomic E-state index is 12.3. The number of para-hydroxylation sites is 1. The molecule has 0 N–H and O–H groups in total. The molecule has 0 aromatic heterocycles. The Hall–Kier alpha value is -1.97. The van der Waals surface area contributed by atoms with E-state index < -0.39 is 6.36 Å². The lowest BCUT2D eigenvalue weighted by Crippen LogP contribution is -2.17. The molecule has 0 heterocycles. The van der Waals surface area contributed by atoms with E-state index >= 15 is 0 Å². The molecule has 0 aliphatic heterocycles. The van der Waals surface area contributed by atoms with E-state index in [-0.39, 0.29) is 5.75 Å². The van der Waals surface area contributed by atoms with Crippen molar-refractivity contribution in [2.24, 2.45) is 0 Å². The third-order valence-electron chi connectivity index (χ3n) is 2.44. The Balaban J connectivity index is 2.45. The van der Waals surface area contributed by atoms with E-state index in [2.05, 4.69) is 4.74 Å². The standard InChI is InChI=1S/C14H11F3O/c1-10-5-4-6-11(9-10)12-7-2-3-8-13(12)18-14(15,16)17/h2-9H,1H3. The predicted molar refractivity (Wildman–Crippen MR) is 63.3 cm³/mol. The second-order valence-electron chi connectivity index (χ2n) is 3.91. The molecule has 0 bridgehead atoms. The molecule has 94 valence electrons. The molecule has 0 fully saturated rings. The van der Waals surface area contributed by atoms with Crippen molar-refractivity contribution in [3.05, 3.63) is 54.1 Å². The first-order valence-electron chi connectivity index (χ1n) is 5.37. The summed E-state index contributed by atoms with van der Waals surface area (Å²) in [5.41, 5.74) is 2.11. The van der Waals surface area contributed by atoms with Gasteiger partial charge in [-0.25, -0.2) is 0 Å². The van der Waals surface area contributed by atoms with Crippen LogP contribution in [0.4, 0.5) is 13.2 Å². The molecular formula is C14H11F3O. The molecule has 2 aromatic carbocycles. The third kappa shape index (κ3) is 3.03. The first-order chi connectivity index (χ1) is 8.46. The number of ether oxygens (including phenoxy) is 1. The Morgan fingerprint density at radius 2 is 1.67 bits per heavy atom. The van der Waals surface area contributed by atoms with Gasteiger partial charge in [-0.05, 0) is 18.6 Å². The van der Waals surface area contributed by atoms with E-state index in [4.69, 9.17) is 0 Å². The molecule has 0 atom stereocenters. The molecule has 0 aliphatic carbocycles. The van der Waals surface area contributed by atoms with Gasteiger partial charge in [-0.1, -0.05) is 48.0 Å². The summed E-state index contributed by atoms with van der Waals surface area (Å²) in [5, 5.41) is 0. The summed E-state index contributed by atoms with van der Waals surface area (Å²) in [4.78, 5) is 0. The normalized spacial score (nSPS) is 11.3. The van der Waals surface area contributed by atoms with E-state index in [0.717, 1.165) is 5.56 Å². The maximum atomic E-state index is 12.3. The number of halogens is 3. The number of hydrogen-bond acceptors (Lipinski definition) is 1. The highest BCUT2D eigenvalue weighted by molar-refractivity contribution is 5.70. The number of aryl methyl sites for hydroxylation is 1. The Bertz CT molecular complexity index is 547. The largest absolute Gasteiger partial charge is 0.573 e. The molecule has 2 aromatic rings. The topological polar surface area (TPSA) is 9.23 Å². The van der Waals surface area contributed by atoms with Gasteiger partial charge in [0.2, 0.25) is 0 Å². The van der Waals surface area contributed by atoms with Gasteiger partial charge in [0.05, 0.1) is 0 Å². The molecule has 0 aliphatic rings. The summed E-state index contributed by atoms with van der Waals surface area (Å²) in [6.45, 7) is 1.89. The summed E-state index contributed by atoms with van der Waals surface area (Å²) in [6.07, 6.45) is -4.68. The lowest BCUT2D eigenvalue weighted by Gasteiger charge is -2.13. The molecule has 4 heteroatoms. The zero-order valence-corrected chi connectivity index (χ0v) is 9.66. The van der Waals surface area contributed by atoms with Crippen LogP contribution in [0.15, 0.2) is 48.5 Å². The van der Waals surface area contributed by atoms with Crippen molar-refractivity contribution in [3.8, 4) is 16.9 Å². The Morgan fingerprint density at radius 1 is 0.944 bits per heavy atom. The van der Waals surface area contributed by atoms with Crippen LogP contribution in [0.1, 0.15) is 5.56 Å². The molecule has 0 amide bonds. The minimum atomic E-state index is -4.68. The van der Waals surface area contributed by atoms with Gasteiger partial charge in [-0.3, -0.25) is 0 Å². The highest BCUT2D eigenvalue weighted by Gasteiger charge is 2.32. The first-order valence-corrected chi connectivity index (χ1v) is 5.37. The zero-order valence-electron chi connectivity index (χ0n) is 9.66. The predicted octanol–water partition coefficient (Wildman–Crippen LogP) is 4.56. The minimum absolute atomic E-state index is 0.185. The third-order valence-corrected chi connectivity index (χ3v) is 2.44. The Labute approximate surface area is 103 Å². The highest BCUT2D eigenvalue weighted by atomic mass is 19.4. The fraction of sp³-hybridized carbons (Fsp3) is 0.143. The summed E-state index contributed by atoms with van der Waals surface area (Å²) >= 11 is 0. The van der Waals surface area contributed by atoms with Crippen molar-refractivity contribution in [2.75, 3.05) is 0 Å². The van der Waals surface area contributed by atoms with Crippen molar-refractivity contribution in [1.82, 2.24) is 0 Å². The highest BCUT2D eigenvalue weighted by Crippen LogP contribution is 2.33. The minimum Gasteiger partial charge on any atom is -0.405 e. The average molecular weight is 252 g/mol. The lowest BCUT2D eigenvalue weighted by atomic mass is 10.0. The number of alkyl halides is 3. The molecule has 0 unspecified atom stereocenters. The van der Waals surface area contributed by atoms with Gasteiger partial charge in [0.25, 0.3) is 0 Å². The maximum Gasteiger partial charge on any atom is 0.573 e. The van der Waals surface area contributed by atoms with E-state index in [9.17, 15) is 13.2 Å². The summed E-state index contributed by atoms with van der Waals surface area (Å²) in [5.74, 6) is -0.185. The van der Waals surface area contributed by atoms with E-state index in [1.165, 1.54) is 12.1 Å². The van der Waals surface area contributed by atoms with E-state index in [1.807, 2.05) is 19.1 Å². The van der Waals surface area contributed by atoms with Crippen molar-refractivity contribution in [1.29, 1.82) is 0 Å². The van der Waals surface area contributed by atoms with Crippen LogP contribution >= 0.6 is 0 Å². The molecule has 0 saturated heterocycles. The van der Waals surface area contributed by atoms with Crippen LogP contribution in [-0.4, -0.2) is 6.36 Å². The van der Waals surface area contributed by atoms with Crippen LogP contribution in [0.2, 0.25) is 0 Å². The average Bonchev–Trinajstić information content (AvgIpc) is 2.27. The fourth-order valence-electron chi connectivity index (χ4n) is 1.73. The van der Waals surface area contributed by atoms with Crippen molar-refractivity contribution in [2.45, 2.75) is 13.3 Å². The number of rotatable bonds is 2. The quantitative estimate of drug-likeness (QED) is 0.761. The number of benzene rings is 2. The molecular weight excluding hydrogens is 241 g/mol. The van der Waals surface area contributed by atoms with Crippen molar-refractivity contribution >= 4 is 0 Å². The molecule has 1 nitrogen and oxygen atoms in total. The van der Waals surface area contributed by atoms with Crippen molar-refractivity contribution < 1.29 is 17.9 Å². The smallest absolute Gasteiger partial charge is 0.405 e. The molecule has 18 heavy (non-hydrogen) atoms. The number of hydrogen-bond donors (Lipinski definition) is 0. The second kappa shape index (κ2) is 4.72. The van der Waals surface area contributed by atoms with Gasteiger partial charge in [-0.15, -0.1) is 13.2 Å².